The van der Waals surface area contributed by atoms with Crippen molar-refractivity contribution in [2.45, 2.75) is 50.6 Å². The molecule has 24 heavy (non-hydrogen) atoms. The van der Waals surface area contributed by atoms with Gasteiger partial charge < -0.3 is 15.2 Å². The average Bonchev–Trinajstić information content (AvgIpc) is 2.47. The first-order valence-corrected chi connectivity index (χ1v) is 9.34. The molecule has 3 N–H and O–H groups in total. The van der Waals surface area contributed by atoms with Gasteiger partial charge in [-0.25, -0.2) is 17.9 Å². The summed E-state index contributed by atoms with van der Waals surface area (Å²) in [5.41, 5.74) is 0.268. The van der Waals surface area contributed by atoms with E-state index in [0.717, 1.165) is 6.42 Å². The molecule has 0 bridgehead atoms. The lowest BCUT2D eigenvalue weighted by atomic mass is 10.2. The fourth-order valence-corrected chi connectivity index (χ4v) is 3.85. The SMILES string of the molecule is CCC[C@@H](C)NS(=O)(=O)c1cc(C(=O)O)ccc1N[C@@H](C)COC. The second-order valence-electron chi connectivity index (χ2n) is 5.83. The number of benzene rings is 1. The zero-order chi connectivity index (χ0) is 18.3. The second-order valence-corrected chi connectivity index (χ2v) is 7.51. The fourth-order valence-electron chi connectivity index (χ4n) is 2.37. The van der Waals surface area contributed by atoms with Gasteiger partial charge in [0.05, 0.1) is 17.9 Å². The third-order valence-corrected chi connectivity index (χ3v) is 5.04. The summed E-state index contributed by atoms with van der Waals surface area (Å²) in [7, 11) is -2.29. The summed E-state index contributed by atoms with van der Waals surface area (Å²) in [6.07, 6.45) is 1.54. The Bertz CT molecular complexity index is 660. The maximum atomic E-state index is 12.7. The molecule has 0 heterocycles. The number of carboxylic acid groups (broad SMARTS) is 1. The molecule has 1 rings (SSSR count). The summed E-state index contributed by atoms with van der Waals surface area (Å²) >= 11 is 0. The van der Waals surface area contributed by atoms with Gasteiger partial charge in [-0.05, 0) is 38.5 Å². The van der Waals surface area contributed by atoms with E-state index in [1.807, 2.05) is 13.8 Å². The summed E-state index contributed by atoms with van der Waals surface area (Å²) in [6.45, 7) is 5.98. The molecule has 1 aromatic carbocycles. The van der Waals surface area contributed by atoms with Crippen molar-refractivity contribution < 1.29 is 23.1 Å². The number of hydrogen-bond acceptors (Lipinski definition) is 5. The van der Waals surface area contributed by atoms with Crippen LogP contribution in [-0.2, 0) is 14.8 Å². The fraction of sp³-hybridized carbons (Fsp3) is 0.562. The van der Waals surface area contributed by atoms with E-state index < -0.39 is 16.0 Å². The van der Waals surface area contributed by atoms with Gasteiger partial charge in [-0.1, -0.05) is 13.3 Å². The molecule has 0 fully saturated rings. The number of carboxylic acids is 1. The van der Waals surface area contributed by atoms with Gasteiger partial charge in [0.2, 0.25) is 10.0 Å². The molecule has 0 amide bonds. The Morgan fingerprint density at radius 1 is 1.29 bits per heavy atom. The van der Waals surface area contributed by atoms with Gasteiger partial charge in [0.1, 0.15) is 4.90 Å². The van der Waals surface area contributed by atoms with Crippen LogP contribution in [-0.4, -0.2) is 45.3 Å². The third kappa shape index (κ3) is 5.77. The monoisotopic (exact) mass is 358 g/mol. The van der Waals surface area contributed by atoms with Crippen LogP contribution in [0.3, 0.4) is 0 Å². The van der Waals surface area contributed by atoms with Gasteiger partial charge in [-0.15, -0.1) is 0 Å². The number of aromatic carboxylic acids is 1. The summed E-state index contributed by atoms with van der Waals surface area (Å²) in [4.78, 5) is 11.1. The number of methoxy groups -OCH3 is 1. The summed E-state index contributed by atoms with van der Waals surface area (Å²) < 4.78 is 33.0. The normalized spacial score (nSPS) is 14.2. The zero-order valence-electron chi connectivity index (χ0n) is 14.5. The van der Waals surface area contributed by atoms with Crippen molar-refractivity contribution in [3.05, 3.63) is 23.8 Å². The number of sulfonamides is 1. The Morgan fingerprint density at radius 3 is 2.50 bits per heavy atom. The summed E-state index contributed by atoms with van der Waals surface area (Å²) in [5.74, 6) is -1.18. The van der Waals surface area contributed by atoms with E-state index >= 15 is 0 Å². The molecule has 0 radical (unpaired) electrons. The molecule has 0 aliphatic rings. The zero-order valence-corrected chi connectivity index (χ0v) is 15.3. The van der Waals surface area contributed by atoms with Crippen molar-refractivity contribution in [2.24, 2.45) is 0 Å². The second kappa shape index (κ2) is 9.00. The van der Waals surface area contributed by atoms with E-state index in [0.29, 0.717) is 18.7 Å². The minimum Gasteiger partial charge on any atom is -0.478 e. The lowest BCUT2D eigenvalue weighted by Crippen LogP contribution is -2.33. The van der Waals surface area contributed by atoms with Crippen LogP contribution >= 0.6 is 0 Å². The molecule has 0 spiro atoms. The number of nitrogens with one attached hydrogen (secondary N) is 2. The van der Waals surface area contributed by atoms with E-state index in [2.05, 4.69) is 10.0 Å². The van der Waals surface area contributed by atoms with Crippen molar-refractivity contribution in [3.8, 4) is 0 Å². The van der Waals surface area contributed by atoms with Crippen LogP contribution in [0.2, 0.25) is 0 Å². The third-order valence-electron chi connectivity index (χ3n) is 3.41. The van der Waals surface area contributed by atoms with Crippen LogP contribution in [0, 0.1) is 0 Å². The molecule has 0 aliphatic carbocycles. The lowest BCUT2D eigenvalue weighted by Gasteiger charge is -2.20. The van der Waals surface area contributed by atoms with Crippen molar-refractivity contribution in [2.75, 3.05) is 19.0 Å². The van der Waals surface area contributed by atoms with Crippen LogP contribution in [0.25, 0.3) is 0 Å². The molecule has 0 aliphatic heterocycles. The Hall–Kier alpha value is -1.64. The van der Waals surface area contributed by atoms with Crippen LogP contribution in [0.4, 0.5) is 5.69 Å². The number of carbonyl (C=O) groups is 1. The van der Waals surface area contributed by atoms with Gasteiger partial charge in [0.15, 0.2) is 0 Å². The molecule has 2 atom stereocenters. The van der Waals surface area contributed by atoms with Crippen molar-refractivity contribution in [3.63, 3.8) is 0 Å². The lowest BCUT2D eigenvalue weighted by molar-refractivity contribution is 0.0696. The topological polar surface area (TPSA) is 105 Å². The summed E-state index contributed by atoms with van der Waals surface area (Å²) in [5, 5.41) is 12.2. The molecular weight excluding hydrogens is 332 g/mol. The Labute approximate surface area is 143 Å². The van der Waals surface area contributed by atoms with Gasteiger partial charge in [-0.3, -0.25) is 0 Å². The standard InChI is InChI=1S/C16H26N2O5S/c1-5-6-11(2)18-24(21,22)15-9-13(16(19)20)7-8-14(15)17-12(3)10-23-4/h7-9,11-12,17-18H,5-6,10H2,1-4H3,(H,19,20)/t11-,12+/m1/s1. The number of ether oxygens (including phenoxy) is 1. The van der Waals surface area contributed by atoms with Crippen molar-refractivity contribution in [1.82, 2.24) is 4.72 Å². The maximum Gasteiger partial charge on any atom is 0.335 e. The molecule has 136 valence electrons. The smallest absolute Gasteiger partial charge is 0.335 e. The number of hydrogen-bond donors (Lipinski definition) is 3. The molecular formula is C16H26N2O5S. The van der Waals surface area contributed by atoms with Crippen molar-refractivity contribution in [1.29, 1.82) is 0 Å². The highest BCUT2D eigenvalue weighted by Crippen LogP contribution is 2.24. The van der Waals surface area contributed by atoms with Crippen LogP contribution in [0.1, 0.15) is 44.0 Å². The Balaban J connectivity index is 3.24. The number of rotatable bonds is 10. The minimum absolute atomic E-state index is 0.0756. The highest BCUT2D eigenvalue weighted by atomic mass is 32.2. The van der Waals surface area contributed by atoms with Gasteiger partial charge in [0, 0.05) is 19.2 Å². The molecule has 0 saturated carbocycles. The highest BCUT2D eigenvalue weighted by Gasteiger charge is 2.23. The molecule has 7 nitrogen and oxygen atoms in total. The first-order chi connectivity index (χ1) is 11.2. The molecule has 0 saturated heterocycles. The Kier molecular flexibility index (Phi) is 7.65. The predicted octanol–water partition coefficient (Wildman–Crippen LogP) is 2.30. The van der Waals surface area contributed by atoms with E-state index in [1.165, 1.54) is 18.2 Å². The molecule has 0 aromatic heterocycles. The molecule has 8 heteroatoms. The number of anilines is 1. The first kappa shape index (κ1) is 20.4. The van der Waals surface area contributed by atoms with Gasteiger partial charge in [0.25, 0.3) is 0 Å². The largest absolute Gasteiger partial charge is 0.478 e. The van der Waals surface area contributed by atoms with Gasteiger partial charge in [-0.2, -0.15) is 0 Å². The van der Waals surface area contributed by atoms with Crippen LogP contribution in [0.5, 0.6) is 0 Å². The predicted molar refractivity (Wildman–Crippen MR) is 93.1 cm³/mol. The van der Waals surface area contributed by atoms with Crippen molar-refractivity contribution >= 4 is 21.7 Å². The maximum absolute atomic E-state index is 12.7. The molecule has 1 aromatic rings. The van der Waals surface area contributed by atoms with Crippen LogP contribution < -0.4 is 10.0 Å². The quantitative estimate of drug-likeness (QED) is 0.593. The van der Waals surface area contributed by atoms with E-state index in [9.17, 15) is 13.2 Å². The first-order valence-electron chi connectivity index (χ1n) is 7.86. The Morgan fingerprint density at radius 2 is 1.96 bits per heavy atom. The average molecular weight is 358 g/mol. The van der Waals surface area contributed by atoms with Gasteiger partial charge >= 0.3 is 5.97 Å². The van der Waals surface area contributed by atoms with E-state index in [1.54, 1.807) is 14.0 Å². The highest BCUT2D eigenvalue weighted by molar-refractivity contribution is 7.89. The molecule has 0 unspecified atom stereocenters. The van der Waals surface area contributed by atoms with Crippen LogP contribution in [0.15, 0.2) is 23.1 Å². The summed E-state index contributed by atoms with van der Waals surface area (Å²) in [6, 6.07) is 3.64. The van der Waals surface area contributed by atoms with E-state index in [4.69, 9.17) is 9.84 Å². The minimum atomic E-state index is -3.85. The van der Waals surface area contributed by atoms with E-state index in [-0.39, 0.29) is 22.5 Å².